The molecule has 0 radical (unpaired) electrons. The van der Waals surface area contributed by atoms with Crippen LogP contribution in [0.4, 0.5) is 21.6 Å². The highest BCUT2D eigenvalue weighted by molar-refractivity contribution is 6.22. The van der Waals surface area contributed by atoms with Crippen LogP contribution in [0.15, 0.2) is 127 Å². The van der Waals surface area contributed by atoms with Crippen LogP contribution in [0.3, 0.4) is 0 Å². The van der Waals surface area contributed by atoms with Gasteiger partial charge in [-0.15, -0.1) is 0 Å². The van der Waals surface area contributed by atoms with Crippen LogP contribution in [0, 0.1) is 5.95 Å². The second-order valence-corrected chi connectivity index (χ2v) is 8.17. The highest BCUT2D eigenvalue weighted by Gasteiger charge is 2.22. The molecule has 162 valence electrons. The van der Waals surface area contributed by atoms with Crippen molar-refractivity contribution in [2.45, 2.75) is 0 Å². The first-order chi connectivity index (χ1) is 16.8. The van der Waals surface area contributed by atoms with Gasteiger partial charge in [0.25, 0.3) is 0 Å². The predicted octanol–water partition coefficient (Wildman–Crippen LogP) is 8.66. The Hall–Kier alpha value is -4.50. The maximum Gasteiger partial charge on any atom is 0.214 e. The summed E-state index contributed by atoms with van der Waals surface area (Å²) in [5.41, 5.74) is 4.26. The van der Waals surface area contributed by atoms with E-state index in [9.17, 15) is 4.39 Å². The fourth-order valence-corrected chi connectivity index (χ4v) is 4.74. The molecule has 0 atom stereocenters. The van der Waals surface area contributed by atoms with Crippen molar-refractivity contribution < 1.29 is 4.39 Å². The monoisotopic (exact) mass is 440 g/mol. The third-order valence-electron chi connectivity index (χ3n) is 6.13. The molecule has 34 heavy (non-hydrogen) atoms. The number of aromatic nitrogens is 1. The summed E-state index contributed by atoms with van der Waals surface area (Å²) in [6.07, 6.45) is 0. The summed E-state index contributed by atoms with van der Waals surface area (Å²) in [4.78, 5) is 6.34. The lowest BCUT2D eigenvalue weighted by molar-refractivity contribution is 0.584. The first kappa shape index (κ1) is 20.1. The van der Waals surface area contributed by atoms with Crippen LogP contribution in [0.2, 0.25) is 0 Å². The molecular weight excluding hydrogens is 419 g/mol. The topological polar surface area (TPSA) is 16.1 Å². The fraction of sp³-hybridized carbons (Fsp3) is 0. The van der Waals surface area contributed by atoms with Crippen molar-refractivity contribution in [3.8, 4) is 11.1 Å². The van der Waals surface area contributed by atoms with Crippen LogP contribution in [-0.2, 0) is 0 Å². The first-order valence-electron chi connectivity index (χ1n) is 11.3. The molecule has 3 heteroatoms. The predicted molar refractivity (Wildman–Crippen MR) is 139 cm³/mol. The van der Waals surface area contributed by atoms with Gasteiger partial charge in [0.2, 0.25) is 5.95 Å². The minimum Gasteiger partial charge on any atom is -0.294 e. The van der Waals surface area contributed by atoms with Gasteiger partial charge < -0.3 is 0 Å². The molecule has 1 aromatic heterocycles. The zero-order chi connectivity index (χ0) is 22.9. The Morgan fingerprint density at radius 3 is 1.62 bits per heavy atom. The second kappa shape index (κ2) is 8.45. The van der Waals surface area contributed by atoms with E-state index in [2.05, 4.69) is 82.7 Å². The van der Waals surface area contributed by atoms with Crippen LogP contribution in [0.25, 0.3) is 32.7 Å². The number of anilines is 3. The van der Waals surface area contributed by atoms with Crippen LogP contribution in [0.5, 0.6) is 0 Å². The van der Waals surface area contributed by atoms with E-state index in [0.717, 1.165) is 38.5 Å². The lowest BCUT2D eigenvalue weighted by Gasteiger charge is -2.28. The molecule has 0 fully saturated rings. The Kier molecular flexibility index (Phi) is 5.00. The SMILES string of the molecule is Fc1cccc(N(c2ccccc2)c2c3ccccc3c(-c3ccccc3)c3ccccc23)n1. The number of pyridine rings is 1. The molecule has 0 aliphatic heterocycles. The number of benzene rings is 5. The summed E-state index contributed by atoms with van der Waals surface area (Å²) in [6.45, 7) is 0. The minimum atomic E-state index is -0.507. The fourth-order valence-electron chi connectivity index (χ4n) is 4.74. The van der Waals surface area contributed by atoms with Crippen molar-refractivity contribution in [1.29, 1.82) is 0 Å². The van der Waals surface area contributed by atoms with E-state index in [1.165, 1.54) is 11.6 Å². The normalized spacial score (nSPS) is 11.1. The average Bonchev–Trinajstić information content (AvgIpc) is 2.90. The summed E-state index contributed by atoms with van der Waals surface area (Å²) in [6, 6.07) is 42.3. The van der Waals surface area contributed by atoms with Crippen molar-refractivity contribution in [1.82, 2.24) is 4.98 Å². The van der Waals surface area contributed by atoms with E-state index in [-0.39, 0.29) is 0 Å². The van der Waals surface area contributed by atoms with E-state index in [0.29, 0.717) is 5.82 Å². The third kappa shape index (κ3) is 3.39. The van der Waals surface area contributed by atoms with Gasteiger partial charge in [0.15, 0.2) is 0 Å². The smallest absolute Gasteiger partial charge is 0.214 e. The number of rotatable bonds is 4. The Morgan fingerprint density at radius 1 is 0.500 bits per heavy atom. The van der Waals surface area contributed by atoms with Gasteiger partial charge in [0, 0.05) is 16.5 Å². The summed E-state index contributed by atoms with van der Waals surface area (Å²) in [5, 5.41) is 4.43. The van der Waals surface area contributed by atoms with Crippen molar-refractivity contribution >= 4 is 38.7 Å². The Labute approximate surface area is 197 Å². The number of para-hydroxylation sites is 1. The van der Waals surface area contributed by atoms with Crippen molar-refractivity contribution in [3.63, 3.8) is 0 Å². The summed E-state index contributed by atoms with van der Waals surface area (Å²) >= 11 is 0. The van der Waals surface area contributed by atoms with Gasteiger partial charge in [-0.1, -0.05) is 103 Å². The molecule has 6 aromatic rings. The molecule has 5 aromatic carbocycles. The van der Waals surface area contributed by atoms with Crippen molar-refractivity contribution in [3.05, 3.63) is 133 Å². The summed E-state index contributed by atoms with van der Waals surface area (Å²) < 4.78 is 14.3. The molecule has 0 unspecified atom stereocenters. The summed E-state index contributed by atoms with van der Waals surface area (Å²) in [5.74, 6) is 0.0296. The van der Waals surface area contributed by atoms with Crippen LogP contribution in [-0.4, -0.2) is 4.98 Å². The number of halogens is 1. The molecule has 0 amide bonds. The third-order valence-corrected chi connectivity index (χ3v) is 6.13. The van der Waals surface area contributed by atoms with Crippen LogP contribution < -0.4 is 4.90 Å². The van der Waals surface area contributed by atoms with Gasteiger partial charge in [-0.05, 0) is 46.2 Å². The zero-order valence-corrected chi connectivity index (χ0v) is 18.4. The largest absolute Gasteiger partial charge is 0.294 e. The Balaban J connectivity index is 1.78. The lowest BCUT2D eigenvalue weighted by Crippen LogP contribution is -2.13. The van der Waals surface area contributed by atoms with Gasteiger partial charge in [-0.2, -0.15) is 4.39 Å². The first-order valence-corrected chi connectivity index (χ1v) is 11.3. The maximum absolute atomic E-state index is 14.3. The second-order valence-electron chi connectivity index (χ2n) is 8.17. The molecular formula is C31H21FN2. The molecule has 0 saturated carbocycles. The van der Waals surface area contributed by atoms with Gasteiger partial charge in [0.05, 0.1) is 5.69 Å². The van der Waals surface area contributed by atoms with Gasteiger partial charge >= 0.3 is 0 Å². The minimum absolute atomic E-state index is 0.507. The quantitative estimate of drug-likeness (QED) is 0.201. The van der Waals surface area contributed by atoms with E-state index < -0.39 is 5.95 Å². The van der Waals surface area contributed by atoms with Crippen molar-refractivity contribution in [2.75, 3.05) is 4.90 Å². The maximum atomic E-state index is 14.3. The van der Waals surface area contributed by atoms with Gasteiger partial charge in [-0.3, -0.25) is 4.90 Å². The Bertz CT molecular complexity index is 1550. The molecule has 0 saturated heterocycles. The lowest BCUT2D eigenvalue weighted by atomic mass is 9.90. The number of nitrogens with zero attached hydrogens (tertiary/aromatic N) is 2. The zero-order valence-electron chi connectivity index (χ0n) is 18.4. The molecule has 0 bridgehead atoms. The highest BCUT2D eigenvalue weighted by Crippen LogP contribution is 2.47. The van der Waals surface area contributed by atoms with Crippen LogP contribution >= 0.6 is 0 Å². The Morgan fingerprint density at radius 2 is 1.03 bits per heavy atom. The molecule has 2 nitrogen and oxygen atoms in total. The van der Waals surface area contributed by atoms with Gasteiger partial charge in [-0.25, -0.2) is 4.98 Å². The molecule has 6 rings (SSSR count). The number of hydrogen-bond acceptors (Lipinski definition) is 2. The molecule has 1 heterocycles. The summed E-state index contributed by atoms with van der Waals surface area (Å²) in [7, 11) is 0. The highest BCUT2D eigenvalue weighted by atomic mass is 19.1. The van der Waals surface area contributed by atoms with E-state index >= 15 is 0 Å². The molecule has 0 N–H and O–H groups in total. The van der Waals surface area contributed by atoms with Crippen molar-refractivity contribution in [2.24, 2.45) is 0 Å². The van der Waals surface area contributed by atoms with E-state index in [4.69, 9.17) is 0 Å². The number of hydrogen-bond donors (Lipinski definition) is 0. The van der Waals surface area contributed by atoms with E-state index in [1.54, 1.807) is 6.07 Å². The molecule has 0 spiro atoms. The van der Waals surface area contributed by atoms with Crippen LogP contribution in [0.1, 0.15) is 0 Å². The standard InChI is InChI=1S/C31H21FN2/c32-28-20-11-21-29(33-28)34(23-14-5-2-6-15-23)31-26-18-9-7-16-24(26)30(22-12-3-1-4-13-22)25-17-8-10-19-27(25)31/h1-21H. The average molecular weight is 441 g/mol. The van der Waals surface area contributed by atoms with E-state index in [1.807, 2.05) is 42.5 Å². The molecule has 0 aliphatic rings. The molecule has 0 aliphatic carbocycles. The van der Waals surface area contributed by atoms with Gasteiger partial charge in [0.1, 0.15) is 5.82 Å². The number of fused-ring (bicyclic) bond motifs is 2.